The molecule has 0 aliphatic heterocycles. The van der Waals surface area contributed by atoms with Crippen LogP contribution in [0.5, 0.6) is 11.5 Å². The maximum absolute atomic E-state index is 13.9. The standard InChI is InChI=1S/C24H25ClF3N3O4/c1-13(17-6-8-20(21(10-17)34-4)35-11-22(29)32)30-12-24(33,23(27)28)15(3)31-14(2)16-5-7-19(26)18(25)9-16/h5-10,23,30,33H,1,3,11-12H2,2,4H3,(H2,29,32)/b31-14+. The summed E-state index contributed by atoms with van der Waals surface area (Å²) in [5.74, 6) is -0.823. The molecular weight excluding hydrogens is 487 g/mol. The molecule has 1 atom stereocenters. The number of nitrogens with zero attached hydrogens (tertiary/aromatic N) is 1. The zero-order valence-electron chi connectivity index (χ0n) is 19.1. The zero-order chi connectivity index (χ0) is 26.3. The molecule has 0 heterocycles. The van der Waals surface area contributed by atoms with E-state index < -0.39 is 36.0 Å². The van der Waals surface area contributed by atoms with Crippen LogP contribution in [0.3, 0.4) is 0 Å². The van der Waals surface area contributed by atoms with Crippen molar-refractivity contribution < 1.29 is 32.5 Å². The molecule has 0 spiro atoms. The summed E-state index contributed by atoms with van der Waals surface area (Å²) >= 11 is 5.76. The van der Waals surface area contributed by atoms with Gasteiger partial charge in [-0.3, -0.25) is 9.79 Å². The van der Waals surface area contributed by atoms with Crippen molar-refractivity contribution in [3.05, 3.63) is 77.2 Å². The topological polar surface area (TPSA) is 106 Å². The highest BCUT2D eigenvalue weighted by Gasteiger charge is 2.41. The van der Waals surface area contributed by atoms with Crippen LogP contribution in [0.15, 0.2) is 60.2 Å². The number of hydrogen-bond donors (Lipinski definition) is 3. The van der Waals surface area contributed by atoms with Gasteiger partial charge in [-0.15, -0.1) is 0 Å². The predicted octanol–water partition coefficient (Wildman–Crippen LogP) is 3.93. The first-order valence-electron chi connectivity index (χ1n) is 10.1. The molecular formula is C24H25ClF3N3O4. The molecule has 0 aliphatic carbocycles. The monoisotopic (exact) mass is 511 g/mol. The van der Waals surface area contributed by atoms with Crippen LogP contribution in [0.25, 0.3) is 5.70 Å². The normalized spacial score (nSPS) is 13.2. The van der Waals surface area contributed by atoms with Gasteiger partial charge in [0, 0.05) is 17.0 Å². The molecule has 35 heavy (non-hydrogen) atoms. The minimum atomic E-state index is -3.25. The Kier molecular flexibility index (Phi) is 9.32. The SMILES string of the molecule is C=C(NCC(O)(C(=C)/N=C(\C)c1ccc(F)c(Cl)c1)C(F)F)c1ccc(OCC(N)=O)c(OC)c1. The summed E-state index contributed by atoms with van der Waals surface area (Å²) in [7, 11) is 1.38. The van der Waals surface area contributed by atoms with Crippen LogP contribution in [-0.2, 0) is 4.79 Å². The number of ether oxygens (including phenoxy) is 2. The van der Waals surface area contributed by atoms with Crippen molar-refractivity contribution >= 4 is 28.9 Å². The molecule has 1 unspecified atom stereocenters. The Morgan fingerprint density at radius 3 is 2.46 bits per heavy atom. The second-order valence-electron chi connectivity index (χ2n) is 7.45. The van der Waals surface area contributed by atoms with Gasteiger partial charge in [0.25, 0.3) is 12.3 Å². The van der Waals surface area contributed by atoms with E-state index in [9.17, 15) is 23.1 Å². The fourth-order valence-electron chi connectivity index (χ4n) is 2.86. The molecule has 7 nitrogen and oxygen atoms in total. The van der Waals surface area contributed by atoms with E-state index in [0.717, 1.165) is 6.07 Å². The molecule has 11 heteroatoms. The second-order valence-corrected chi connectivity index (χ2v) is 7.86. The molecule has 188 valence electrons. The average Bonchev–Trinajstić information content (AvgIpc) is 2.82. The number of aliphatic hydroxyl groups is 1. The van der Waals surface area contributed by atoms with E-state index in [-0.39, 0.29) is 34.5 Å². The van der Waals surface area contributed by atoms with E-state index in [0.29, 0.717) is 11.1 Å². The Hall–Kier alpha value is -3.50. The molecule has 0 radical (unpaired) electrons. The Morgan fingerprint density at radius 1 is 1.23 bits per heavy atom. The number of methoxy groups -OCH3 is 1. The van der Waals surface area contributed by atoms with Gasteiger partial charge < -0.3 is 25.6 Å². The summed E-state index contributed by atoms with van der Waals surface area (Å²) in [5.41, 5.74) is 3.00. The van der Waals surface area contributed by atoms with Crippen LogP contribution in [-0.4, -0.2) is 49.0 Å². The molecule has 2 aromatic carbocycles. The van der Waals surface area contributed by atoms with Gasteiger partial charge in [0.1, 0.15) is 5.82 Å². The predicted molar refractivity (Wildman–Crippen MR) is 128 cm³/mol. The Bertz CT molecular complexity index is 1160. The third-order valence-electron chi connectivity index (χ3n) is 4.95. The maximum Gasteiger partial charge on any atom is 0.274 e. The summed E-state index contributed by atoms with van der Waals surface area (Å²) in [5, 5.41) is 13.2. The van der Waals surface area contributed by atoms with Gasteiger partial charge in [-0.25, -0.2) is 13.2 Å². The zero-order valence-corrected chi connectivity index (χ0v) is 19.8. The summed E-state index contributed by atoms with van der Waals surface area (Å²) in [6.45, 7) is 7.76. The van der Waals surface area contributed by atoms with Crippen molar-refractivity contribution in [2.75, 3.05) is 20.3 Å². The Balaban J connectivity index is 2.19. The van der Waals surface area contributed by atoms with E-state index in [2.05, 4.69) is 23.5 Å². The molecule has 2 aromatic rings. The first kappa shape index (κ1) is 27.7. The first-order chi connectivity index (χ1) is 16.4. The van der Waals surface area contributed by atoms with Gasteiger partial charge in [-0.1, -0.05) is 30.8 Å². The summed E-state index contributed by atoms with van der Waals surface area (Å²) in [4.78, 5) is 14.9. The molecule has 0 saturated carbocycles. The number of halogens is 4. The third-order valence-corrected chi connectivity index (χ3v) is 5.24. The van der Waals surface area contributed by atoms with Crippen molar-refractivity contribution in [2.24, 2.45) is 10.7 Å². The first-order valence-corrected chi connectivity index (χ1v) is 10.5. The lowest BCUT2D eigenvalue weighted by Crippen LogP contribution is -2.47. The Morgan fingerprint density at radius 2 is 1.89 bits per heavy atom. The smallest absolute Gasteiger partial charge is 0.274 e. The van der Waals surface area contributed by atoms with Crippen LogP contribution in [0, 0.1) is 5.82 Å². The van der Waals surface area contributed by atoms with E-state index in [1.54, 1.807) is 6.07 Å². The molecule has 4 N–H and O–H groups in total. The van der Waals surface area contributed by atoms with Crippen molar-refractivity contribution in [3.8, 4) is 11.5 Å². The molecule has 0 fully saturated rings. The highest BCUT2D eigenvalue weighted by Crippen LogP contribution is 2.31. The summed E-state index contributed by atoms with van der Waals surface area (Å²) in [6, 6.07) is 8.31. The molecule has 0 aliphatic rings. The van der Waals surface area contributed by atoms with Crippen LogP contribution in [0.1, 0.15) is 18.1 Å². The minimum absolute atomic E-state index is 0.161. The molecule has 0 saturated heterocycles. The second kappa shape index (κ2) is 11.8. The van der Waals surface area contributed by atoms with E-state index in [1.807, 2.05) is 0 Å². The van der Waals surface area contributed by atoms with Crippen molar-refractivity contribution in [1.82, 2.24) is 5.32 Å². The number of benzene rings is 2. The van der Waals surface area contributed by atoms with Crippen LogP contribution in [0.2, 0.25) is 5.02 Å². The highest BCUT2D eigenvalue weighted by atomic mass is 35.5. The molecule has 0 bridgehead atoms. The largest absolute Gasteiger partial charge is 0.493 e. The van der Waals surface area contributed by atoms with Crippen molar-refractivity contribution in [2.45, 2.75) is 19.0 Å². The van der Waals surface area contributed by atoms with E-state index >= 15 is 0 Å². The molecule has 1 amide bonds. The van der Waals surface area contributed by atoms with Gasteiger partial charge in [-0.2, -0.15) is 0 Å². The molecule has 2 rings (SSSR count). The number of nitrogens with two attached hydrogens (primary N) is 1. The molecule has 0 aromatic heterocycles. The Labute approximate surface area is 205 Å². The van der Waals surface area contributed by atoms with Crippen LogP contribution in [0.4, 0.5) is 13.2 Å². The fraction of sp³-hybridized carbons (Fsp3) is 0.250. The highest BCUT2D eigenvalue weighted by molar-refractivity contribution is 6.31. The lowest BCUT2D eigenvalue weighted by atomic mass is 10.00. The lowest BCUT2D eigenvalue weighted by Gasteiger charge is -2.28. The number of amides is 1. The third kappa shape index (κ3) is 7.00. The number of hydrogen-bond acceptors (Lipinski definition) is 6. The number of nitrogens with one attached hydrogen (secondary N) is 1. The minimum Gasteiger partial charge on any atom is -0.493 e. The van der Waals surface area contributed by atoms with E-state index in [4.69, 9.17) is 26.8 Å². The quantitative estimate of drug-likeness (QED) is 0.374. The average molecular weight is 512 g/mol. The summed E-state index contributed by atoms with van der Waals surface area (Å²) < 4.78 is 51.6. The number of alkyl halides is 2. The lowest BCUT2D eigenvalue weighted by molar-refractivity contribution is -0.119. The number of carbonyl (C=O) groups is 1. The fourth-order valence-corrected chi connectivity index (χ4v) is 3.04. The van der Waals surface area contributed by atoms with Gasteiger partial charge >= 0.3 is 0 Å². The van der Waals surface area contributed by atoms with Gasteiger partial charge in [-0.05, 0) is 42.8 Å². The number of carbonyl (C=O) groups excluding carboxylic acids is 1. The van der Waals surface area contributed by atoms with Crippen molar-refractivity contribution in [1.29, 1.82) is 0 Å². The van der Waals surface area contributed by atoms with Gasteiger partial charge in [0.05, 0.1) is 24.4 Å². The summed E-state index contributed by atoms with van der Waals surface area (Å²) in [6.07, 6.45) is -3.25. The number of primary amides is 1. The number of aliphatic imine (C=N–C) groups is 1. The maximum atomic E-state index is 13.9. The van der Waals surface area contributed by atoms with Crippen molar-refractivity contribution in [3.63, 3.8) is 0 Å². The van der Waals surface area contributed by atoms with Crippen LogP contribution >= 0.6 is 11.6 Å². The number of rotatable bonds is 12. The van der Waals surface area contributed by atoms with Gasteiger partial charge in [0.15, 0.2) is 23.7 Å². The van der Waals surface area contributed by atoms with Crippen LogP contribution < -0.4 is 20.5 Å². The van der Waals surface area contributed by atoms with E-state index in [1.165, 1.54) is 38.3 Å². The van der Waals surface area contributed by atoms with Gasteiger partial charge in [0.2, 0.25) is 0 Å².